The molecule has 0 saturated carbocycles. The second kappa shape index (κ2) is 4.41. The first-order valence-corrected chi connectivity index (χ1v) is 4.34. The van der Waals surface area contributed by atoms with Gasteiger partial charge in [0, 0.05) is 5.88 Å². The van der Waals surface area contributed by atoms with Gasteiger partial charge in [0.25, 0.3) is 0 Å². The van der Waals surface area contributed by atoms with E-state index in [1.165, 1.54) is 6.07 Å². The van der Waals surface area contributed by atoms with E-state index in [-0.39, 0.29) is 11.4 Å². The number of hydrogen-bond donors (Lipinski definition) is 0. The minimum absolute atomic E-state index is 0.0176. The van der Waals surface area contributed by atoms with Crippen LogP contribution < -0.4 is 4.74 Å². The molecule has 2 nitrogen and oxygen atoms in total. The van der Waals surface area contributed by atoms with Crippen LogP contribution in [0, 0.1) is 11.3 Å². The van der Waals surface area contributed by atoms with Crippen LogP contribution in [0.4, 0.5) is 13.2 Å². The van der Waals surface area contributed by atoms with Gasteiger partial charge in [-0.05, 0) is 23.8 Å². The number of nitrogens with zero attached hydrogens (tertiary/aromatic N) is 1. The van der Waals surface area contributed by atoms with E-state index >= 15 is 0 Å². The molecule has 0 unspecified atom stereocenters. The molecule has 0 amide bonds. The third-order valence-corrected chi connectivity index (χ3v) is 1.79. The number of benzene rings is 1. The topological polar surface area (TPSA) is 33.0 Å². The molecule has 0 heterocycles. The minimum atomic E-state index is -4.77. The first kappa shape index (κ1) is 11.7. The number of hydrogen-bond acceptors (Lipinski definition) is 2. The average Bonchev–Trinajstić information content (AvgIpc) is 2.14. The fourth-order valence-corrected chi connectivity index (χ4v) is 1.15. The SMILES string of the molecule is N#Cc1cc(CCl)cc(OC(F)(F)F)c1. The Labute approximate surface area is 88.8 Å². The van der Waals surface area contributed by atoms with Crippen LogP contribution in [0.15, 0.2) is 18.2 Å². The Balaban J connectivity index is 3.03. The van der Waals surface area contributed by atoms with Gasteiger partial charge >= 0.3 is 6.36 Å². The van der Waals surface area contributed by atoms with Crippen LogP contribution in [0.2, 0.25) is 0 Å². The summed E-state index contributed by atoms with van der Waals surface area (Å²) in [5.74, 6) is -0.416. The maximum Gasteiger partial charge on any atom is 0.573 e. The van der Waals surface area contributed by atoms with Crippen molar-refractivity contribution in [1.82, 2.24) is 0 Å². The van der Waals surface area contributed by atoms with Crippen molar-refractivity contribution in [3.8, 4) is 11.8 Å². The van der Waals surface area contributed by atoms with E-state index in [9.17, 15) is 13.2 Å². The molecule has 0 N–H and O–H groups in total. The average molecular weight is 236 g/mol. The lowest BCUT2D eigenvalue weighted by Gasteiger charge is -2.09. The Kier molecular flexibility index (Phi) is 3.43. The van der Waals surface area contributed by atoms with Crippen LogP contribution in [-0.4, -0.2) is 6.36 Å². The molecule has 0 aliphatic heterocycles. The van der Waals surface area contributed by atoms with Gasteiger partial charge in [-0.25, -0.2) is 0 Å². The summed E-state index contributed by atoms with van der Waals surface area (Å²) >= 11 is 5.45. The fraction of sp³-hybridized carbons (Fsp3) is 0.222. The molecule has 1 aromatic carbocycles. The summed E-state index contributed by atoms with van der Waals surface area (Å²) in [5, 5.41) is 8.55. The highest BCUT2D eigenvalue weighted by molar-refractivity contribution is 6.17. The van der Waals surface area contributed by atoms with E-state index < -0.39 is 12.1 Å². The van der Waals surface area contributed by atoms with E-state index in [0.29, 0.717) is 5.56 Å². The highest BCUT2D eigenvalue weighted by Crippen LogP contribution is 2.25. The summed E-state index contributed by atoms with van der Waals surface area (Å²) in [4.78, 5) is 0. The molecule has 0 spiro atoms. The van der Waals surface area contributed by atoms with Crippen molar-refractivity contribution < 1.29 is 17.9 Å². The lowest BCUT2D eigenvalue weighted by atomic mass is 10.1. The van der Waals surface area contributed by atoms with Crippen molar-refractivity contribution in [3.05, 3.63) is 29.3 Å². The molecule has 0 saturated heterocycles. The number of alkyl halides is 4. The highest BCUT2D eigenvalue weighted by atomic mass is 35.5. The predicted octanol–water partition coefficient (Wildman–Crippen LogP) is 3.20. The van der Waals surface area contributed by atoms with Crippen LogP contribution in [0.1, 0.15) is 11.1 Å². The molecule has 0 bridgehead atoms. The lowest BCUT2D eigenvalue weighted by Crippen LogP contribution is -2.17. The molecule has 0 atom stereocenters. The molecule has 6 heteroatoms. The van der Waals surface area contributed by atoms with Crippen LogP contribution >= 0.6 is 11.6 Å². The Bertz CT molecular complexity index is 397. The quantitative estimate of drug-likeness (QED) is 0.738. The van der Waals surface area contributed by atoms with Crippen molar-refractivity contribution in [2.24, 2.45) is 0 Å². The first-order valence-electron chi connectivity index (χ1n) is 3.80. The largest absolute Gasteiger partial charge is 0.573 e. The Morgan fingerprint density at radius 2 is 2.00 bits per heavy atom. The van der Waals surface area contributed by atoms with Gasteiger partial charge in [0.2, 0.25) is 0 Å². The molecule has 0 fully saturated rings. The molecule has 1 rings (SSSR count). The Morgan fingerprint density at radius 1 is 1.33 bits per heavy atom. The molecular weight excluding hydrogens is 231 g/mol. The van der Waals surface area contributed by atoms with Gasteiger partial charge in [-0.15, -0.1) is 24.8 Å². The summed E-state index contributed by atoms with van der Waals surface area (Å²) < 4.78 is 39.3. The van der Waals surface area contributed by atoms with Crippen LogP contribution in [0.5, 0.6) is 5.75 Å². The van der Waals surface area contributed by atoms with Gasteiger partial charge in [-0.2, -0.15) is 5.26 Å². The Hall–Kier alpha value is -1.41. The van der Waals surface area contributed by atoms with Crippen molar-refractivity contribution in [2.45, 2.75) is 12.2 Å². The Morgan fingerprint density at radius 3 is 2.47 bits per heavy atom. The minimum Gasteiger partial charge on any atom is -0.406 e. The summed E-state index contributed by atoms with van der Waals surface area (Å²) in [7, 11) is 0. The van der Waals surface area contributed by atoms with Crippen LogP contribution in [0.3, 0.4) is 0 Å². The number of ether oxygens (including phenoxy) is 1. The van der Waals surface area contributed by atoms with Gasteiger partial charge in [0.05, 0.1) is 11.6 Å². The molecule has 15 heavy (non-hydrogen) atoms. The monoisotopic (exact) mass is 235 g/mol. The second-order valence-electron chi connectivity index (χ2n) is 2.66. The van der Waals surface area contributed by atoms with Gasteiger partial charge < -0.3 is 4.74 Å². The zero-order chi connectivity index (χ0) is 11.5. The zero-order valence-electron chi connectivity index (χ0n) is 7.31. The number of rotatable bonds is 2. The van der Waals surface area contributed by atoms with Crippen LogP contribution in [-0.2, 0) is 5.88 Å². The smallest absolute Gasteiger partial charge is 0.406 e. The predicted molar refractivity (Wildman–Crippen MR) is 47.4 cm³/mol. The van der Waals surface area contributed by atoms with Crippen molar-refractivity contribution >= 4 is 11.6 Å². The van der Waals surface area contributed by atoms with Gasteiger partial charge in [0.15, 0.2) is 0 Å². The molecule has 0 aliphatic rings. The van der Waals surface area contributed by atoms with Crippen LogP contribution in [0.25, 0.3) is 0 Å². The van der Waals surface area contributed by atoms with Gasteiger partial charge in [-0.3, -0.25) is 0 Å². The molecular formula is C9H5ClF3NO. The van der Waals surface area contributed by atoms with E-state index in [1.807, 2.05) is 0 Å². The second-order valence-corrected chi connectivity index (χ2v) is 2.93. The van der Waals surface area contributed by atoms with Gasteiger partial charge in [0.1, 0.15) is 5.75 Å². The molecule has 0 radical (unpaired) electrons. The molecule has 80 valence electrons. The molecule has 0 aliphatic carbocycles. The highest BCUT2D eigenvalue weighted by Gasteiger charge is 2.31. The molecule has 1 aromatic rings. The summed E-state index contributed by atoms with van der Waals surface area (Å²) in [5.41, 5.74) is 0.474. The maximum atomic E-state index is 11.9. The first-order chi connectivity index (χ1) is 6.94. The summed E-state index contributed by atoms with van der Waals surface area (Å²) in [6.45, 7) is 0. The number of halogens is 4. The third kappa shape index (κ3) is 3.68. The van der Waals surface area contributed by atoms with Crippen molar-refractivity contribution in [1.29, 1.82) is 5.26 Å². The summed E-state index contributed by atoms with van der Waals surface area (Å²) in [6, 6.07) is 5.26. The number of nitriles is 1. The lowest BCUT2D eigenvalue weighted by molar-refractivity contribution is -0.274. The fourth-order valence-electron chi connectivity index (χ4n) is 0.995. The normalized spacial score (nSPS) is 10.9. The van der Waals surface area contributed by atoms with Crippen molar-refractivity contribution in [2.75, 3.05) is 0 Å². The standard InChI is InChI=1S/C9H5ClF3NO/c10-4-6-1-7(5-14)3-8(2-6)15-9(11,12)13/h1-3H,4H2. The van der Waals surface area contributed by atoms with E-state index in [0.717, 1.165) is 12.1 Å². The van der Waals surface area contributed by atoms with E-state index in [1.54, 1.807) is 6.07 Å². The van der Waals surface area contributed by atoms with E-state index in [2.05, 4.69) is 4.74 Å². The zero-order valence-corrected chi connectivity index (χ0v) is 8.06. The summed E-state index contributed by atoms with van der Waals surface area (Å²) in [6.07, 6.45) is -4.77. The van der Waals surface area contributed by atoms with Crippen molar-refractivity contribution in [3.63, 3.8) is 0 Å². The van der Waals surface area contributed by atoms with E-state index in [4.69, 9.17) is 16.9 Å². The van der Waals surface area contributed by atoms with Gasteiger partial charge in [-0.1, -0.05) is 0 Å². The maximum absolute atomic E-state index is 11.9. The third-order valence-electron chi connectivity index (χ3n) is 1.48. The molecule has 0 aromatic heterocycles.